The Labute approximate surface area is 153 Å². The summed E-state index contributed by atoms with van der Waals surface area (Å²) >= 11 is 0. The number of nitrogens with one attached hydrogen (secondary N) is 1. The van der Waals surface area contributed by atoms with Crippen LogP contribution in [0.4, 0.5) is 0 Å². The van der Waals surface area contributed by atoms with Crippen LogP contribution < -0.4 is 4.72 Å². The first-order valence-electron chi connectivity index (χ1n) is 8.85. The minimum absolute atomic E-state index is 0.0361. The zero-order chi connectivity index (χ0) is 18.1. The van der Waals surface area contributed by atoms with Gasteiger partial charge in [0.15, 0.2) is 0 Å². The van der Waals surface area contributed by atoms with Crippen molar-refractivity contribution < 1.29 is 13.2 Å². The Hall–Kier alpha value is -2.25. The number of benzene rings is 1. The summed E-state index contributed by atoms with van der Waals surface area (Å²) in [5.41, 5.74) is 1.42. The maximum absolute atomic E-state index is 13.0. The Morgan fingerprint density at radius 2 is 1.85 bits per heavy atom. The zero-order valence-electron chi connectivity index (χ0n) is 14.3. The van der Waals surface area contributed by atoms with Gasteiger partial charge in [0.25, 0.3) is 5.91 Å². The van der Waals surface area contributed by atoms with E-state index in [1.807, 2.05) is 17.0 Å². The summed E-state index contributed by atoms with van der Waals surface area (Å²) in [5, 5.41) is 0. The molecule has 0 saturated heterocycles. The third-order valence-corrected chi connectivity index (χ3v) is 6.16. The number of carbonyl (C=O) groups is 1. The Morgan fingerprint density at radius 1 is 1.12 bits per heavy atom. The second-order valence-electron chi connectivity index (χ2n) is 6.94. The molecule has 0 bridgehead atoms. The van der Waals surface area contributed by atoms with Gasteiger partial charge in [0.05, 0.1) is 4.90 Å². The second-order valence-corrected chi connectivity index (χ2v) is 8.66. The highest BCUT2D eigenvalue weighted by Crippen LogP contribution is 2.30. The van der Waals surface area contributed by atoms with E-state index >= 15 is 0 Å². The fourth-order valence-corrected chi connectivity index (χ4v) is 4.24. The van der Waals surface area contributed by atoms with Crippen LogP contribution in [0, 0.1) is 0 Å². The molecule has 0 aliphatic heterocycles. The van der Waals surface area contributed by atoms with Crippen LogP contribution >= 0.6 is 0 Å². The van der Waals surface area contributed by atoms with E-state index in [4.69, 9.17) is 0 Å². The standard InChI is InChI=1S/C19H21N3O3S/c23-19(22(17-6-7-17)13-14-8-10-20-11-9-14)15-2-1-3-18(12-15)26(24,25)21-16-4-5-16/h1-3,8-12,16-17,21H,4-7,13H2. The van der Waals surface area contributed by atoms with Gasteiger partial charge < -0.3 is 4.90 Å². The van der Waals surface area contributed by atoms with Crippen LogP contribution in [0.1, 0.15) is 41.6 Å². The van der Waals surface area contributed by atoms with Crippen molar-refractivity contribution in [3.05, 3.63) is 59.9 Å². The summed E-state index contributed by atoms with van der Waals surface area (Å²) in [6, 6.07) is 10.4. The summed E-state index contributed by atoms with van der Waals surface area (Å²) < 4.78 is 27.5. The van der Waals surface area contributed by atoms with Gasteiger partial charge in [-0.05, 0) is 61.6 Å². The van der Waals surface area contributed by atoms with Gasteiger partial charge in [-0.3, -0.25) is 9.78 Å². The van der Waals surface area contributed by atoms with Crippen LogP contribution in [0.5, 0.6) is 0 Å². The maximum Gasteiger partial charge on any atom is 0.254 e. The van der Waals surface area contributed by atoms with Crippen molar-refractivity contribution in [3.63, 3.8) is 0 Å². The summed E-state index contributed by atoms with van der Waals surface area (Å²) in [5.74, 6) is -0.132. The highest BCUT2D eigenvalue weighted by molar-refractivity contribution is 7.89. The topological polar surface area (TPSA) is 79.4 Å². The smallest absolute Gasteiger partial charge is 0.254 e. The third kappa shape index (κ3) is 3.94. The van der Waals surface area contributed by atoms with E-state index in [-0.39, 0.29) is 22.9 Å². The summed E-state index contributed by atoms with van der Waals surface area (Å²) in [6.45, 7) is 0.503. The summed E-state index contributed by atoms with van der Waals surface area (Å²) in [4.78, 5) is 19.0. The van der Waals surface area contributed by atoms with E-state index < -0.39 is 10.0 Å². The highest BCUT2D eigenvalue weighted by atomic mass is 32.2. The second kappa shape index (κ2) is 6.81. The Balaban J connectivity index is 1.57. The van der Waals surface area contributed by atoms with Gasteiger partial charge >= 0.3 is 0 Å². The van der Waals surface area contributed by atoms with Crippen LogP contribution in [-0.2, 0) is 16.6 Å². The van der Waals surface area contributed by atoms with Gasteiger partial charge in [0, 0.05) is 36.6 Å². The molecule has 2 aromatic rings. The van der Waals surface area contributed by atoms with Gasteiger partial charge in [0.1, 0.15) is 0 Å². The summed E-state index contributed by atoms with van der Waals surface area (Å²) in [7, 11) is -3.57. The van der Waals surface area contributed by atoms with Crippen LogP contribution in [0.15, 0.2) is 53.7 Å². The highest BCUT2D eigenvalue weighted by Gasteiger charge is 2.34. The first-order valence-corrected chi connectivity index (χ1v) is 10.3. The number of hydrogen-bond donors (Lipinski definition) is 1. The van der Waals surface area contributed by atoms with Crippen LogP contribution in [-0.4, -0.2) is 36.3 Å². The third-order valence-electron chi connectivity index (χ3n) is 4.64. The van der Waals surface area contributed by atoms with Crippen molar-refractivity contribution in [2.24, 2.45) is 0 Å². The predicted octanol–water partition coefficient (Wildman–Crippen LogP) is 2.33. The van der Waals surface area contributed by atoms with Gasteiger partial charge in [-0.15, -0.1) is 0 Å². The van der Waals surface area contributed by atoms with Crippen molar-refractivity contribution in [3.8, 4) is 0 Å². The van der Waals surface area contributed by atoms with Crippen molar-refractivity contribution in [1.82, 2.24) is 14.6 Å². The molecule has 1 N–H and O–H groups in total. The molecule has 2 saturated carbocycles. The molecule has 7 heteroatoms. The number of sulfonamides is 1. The first kappa shape index (κ1) is 17.2. The maximum atomic E-state index is 13.0. The predicted molar refractivity (Wildman–Crippen MR) is 96.9 cm³/mol. The van der Waals surface area contributed by atoms with E-state index in [1.54, 1.807) is 24.5 Å². The average Bonchev–Trinajstić information content (AvgIpc) is 3.55. The SMILES string of the molecule is O=C(c1cccc(S(=O)(=O)NC2CC2)c1)N(Cc1ccncc1)C1CC1. The zero-order valence-corrected chi connectivity index (χ0v) is 15.2. The molecule has 4 rings (SSSR count). The molecule has 0 unspecified atom stereocenters. The lowest BCUT2D eigenvalue weighted by Crippen LogP contribution is -2.33. The minimum atomic E-state index is -3.57. The number of carbonyl (C=O) groups excluding carboxylic acids is 1. The lowest BCUT2D eigenvalue weighted by molar-refractivity contribution is 0.0729. The van der Waals surface area contributed by atoms with Crippen LogP contribution in [0.3, 0.4) is 0 Å². The average molecular weight is 371 g/mol. The molecule has 0 atom stereocenters. The van der Waals surface area contributed by atoms with E-state index in [0.29, 0.717) is 12.1 Å². The Bertz CT molecular complexity index is 907. The van der Waals surface area contributed by atoms with Crippen molar-refractivity contribution >= 4 is 15.9 Å². The molecule has 0 radical (unpaired) electrons. The normalized spacial score (nSPS) is 17.1. The first-order chi connectivity index (χ1) is 12.5. The number of amides is 1. The fourth-order valence-electron chi connectivity index (χ4n) is 2.89. The van der Waals surface area contributed by atoms with Crippen LogP contribution in [0.25, 0.3) is 0 Å². The minimum Gasteiger partial charge on any atom is -0.331 e. The molecule has 2 aliphatic carbocycles. The molecule has 2 aliphatic rings. The molecule has 136 valence electrons. The molecule has 1 aromatic carbocycles. The number of pyridine rings is 1. The lowest BCUT2D eigenvalue weighted by atomic mass is 10.1. The molecule has 0 spiro atoms. The quantitative estimate of drug-likeness (QED) is 0.810. The van der Waals surface area contributed by atoms with Gasteiger partial charge in [-0.25, -0.2) is 13.1 Å². The lowest BCUT2D eigenvalue weighted by Gasteiger charge is -2.23. The molecule has 1 aromatic heterocycles. The monoisotopic (exact) mass is 371 g/mol. The molecular formula is C19H21N3O3S. The number of aromatic nitrogens is 1. The number of nitrogens with zero attached hydrogens (tertiary/aromatic N) is 2. The van der Waals surface area contributed by atoms with Gasteiger partial charge in [-0.2, -0.15) is 0 Å². The molecule has 6 nitrogen and oxygen atoms in total. The molecule has 1 heterocycles. The van der Waals surface area contributed by atoms with Gasteiger partial charge in [-0.1, -0.05) is 6.07 Å². The van der Waals surface area contributed by atoms with Gasteiger partial charge in [0.2, 0.25) is 10.0 Å². The summed E-state index contributed by atoms with van der Waals surface area (Å²) in [6.07, 6.45) is 7.14. The largest absolute Gasteiger partial charge is 0.331 e. The Kier molecular flexibility index (Phi) is 4.50. The van der Waals surface area contributed by atoms with E-state index in [0.717, 1.165) is 31.2 Å². The number of rotatable bonds is 7. The molecule has 26 heavy (non-hydrogen) atoms. The molecule has 2 fully saturated rings. The molecule has 1 amide bonds. The van der Waals surface area contributed by atoms with E-state index in [2.05, 4.69) is 9.71 Å². The van der Waals surface area contributed by atoms with Crippen LogP contribution in [0.2, 0.25) is 0 Å². The molecular weight excluding hydrogens is 350 g/mol. The van der Waals surface area contributed by atoms with E-state index in [9.17, 15) is 13.2 Å². The number of hydrogen-bond acceptors (Lipinski definition) is 4. The van der Waals surface area contributed by atoms with E-state index in [1.165, 1.54) is 12.1 Å². The fraction of sp³-hybridized carbons (Fsp3) is 0.368. The Morgan fingerprint density at radius 3 is 2.50 bits per heavy atom. The van der Waals surface area contributed by atoms with Crippen molar-refractivity contribution in [2.75, 3.05) is 0 Å². The van der Waals surface area contributed by atoms with Crippen molar-refractivity contribution in [1.29, 1.82) is 0 Å². The van der Waals surface area contributed by atoms with Crippen molar-refractivity contribution in [2.45, 2.75) is 49.2 Å².